The zero-order valence-electron chi connectivity index (χ0n) is 14.8. The standard InChI is InChI=1S/C21H26FNO/c1-4-16-7-9-19(20-13-18(24-3)8-10-21(20)22)17(12-16)14-23-11-5-6-15(23)2/h7-10,12-13,15H,4-6,11,14H2,1-3H3. The Balaban J connectivity index is 2.03. The predicted octanol–water partition coefficient (Wildman–Crippen LogP) is 5.05. The van der Waals surface area contributed by atoms with Crippen LogP contribution in [0.4, 0.5) is 4.39 Å². The van der Waals surface area contributed by atoms with E-state index in [-0.39, 0.29) is 5.82 Å². The molecule has 3 rings (SSSR count). The molecular formula is C21H26FNO. The lowest BCUT2D eigenvalue weighted by Gasteiger charge is -2.23. The first-order chi connectivity index (χ1) is 11.6. The van der Waals surface area contributed by atoms with Crippen LogP contribution >= 0.6 is 0 Å². The maximum Gasteiger partial charge on any atom is 0.131 e. The molecule has 0 spiro atoms. The number of aryl methyl sites for hydroxylation is 1. The summed E-state index contributed by atoms with van der Waals surface area (Å²) in [5.74, 6) is 0.488. The van der Waals surface area contributed by atoms with Crippen LogP contribution in [-0.4, -0.2) is 24.6 Å². The first-order valence-corrected chi connectivity index (χ1v) is 8.82. The van der Waals surface area contributed by atoms with Crippen molar-refractivity contribution in [2.45, 2.75) is 45.7 Å². The van der Waals surface area contributed by atoms with Gasteiger partial charge >= 0.3 is 0 Å². The van der Waals surface area contributed by atoms with Crippen molar-refractivity contribution in [3.63, 3.8) is 0 Å². The number of ether oxygens (including phenoxy) is 1. The number of likely N-dealkylation sites (tertiary alicyclic amines) is 1. The summed E-state index contributed by atoms with van der Waals surface area (Å²) in [4.78, 5) is 2.50. The van der Waals surface area contributed by atoms with Crippen molar-refractivity contribution in [1.82, 2.24) is 4.90 Å². The van der Waals surface area contributed by atoms with Crippen LogP contribution in [0.5, 0.6) is 5.75 Å². The summed E-state index contributed by atoms with van der Waals surface area (Å²) in [6.45, 7) is 6.43. The molecule has 1 aliphatic heterocycles. The second kappa shape index (κ2) is 7.35. The van der Waals surface area contributed by atoms with E-state index in [1.165, 1.54) is 30.0 Å². The van der Waals surface area contributed by atoms with Crippen LogP contribution in [0.1, 0.15) is 37.8 Å². The Hall–Kier alpha value is -1.87. The van der Waals surface area contributed by atoms with Crippen molar-refractivity contribution in [2.24, 2.45) is 0 Å². The van der Waals surface area contributed by atoms with E-state index in [9.17, 15) is 4.39 Å². The highest BCUT2D eigenvalue weighted by Crippen LogP contribution is 2.32. The summed E-state index contributed by atoms with van der Waals surface area (Å²) in [6, 6.07) is 12.0. The molecule has 0 amide bonds. The highest BCUT2D eigenvalue weighted by atomic mass is 19.1. The zero-order chi connectivity index (χ0) is 17.1. The minimum atomic E-state index is -0.198. The minimum absolute atomic E-state index is 0.198. The smallest absolute Gasteiger partial charge is 0.131 e. The molecule has 1 aliphatic rings. The summed E-state index contributed by atoms with van der Waals surface area (Å²) >= 11 is 0. The lowest BCUT2D eigenvalue weighted by atomic mass is 9.95. The lowest BCUT2D eigenvalue weighted by molar-refractivity contribution is 0.260. The summed E-state index contributed by atoms with van der Waals surface area (Å²) in [6.07, 6.45) is 3.48. The minimum Gasteiger partial charge on any atom is -0.497 e. The first kappa shape index (κ1) is 17.0. The normalized spacial score (nSPS) is 18.1. The van der Waals surface area contributed by atoms with Crippen LogP contribution in [-0.2, 0) is 13.0 Å². The summed E-state index contributed by atoms with van der Waals surface area (Å²) < 4.78 is 19.8. The van der Waals surface area contributed by atoms with Crippen molar-refractivity contribution in [3.05, 3.63) is 53.3 Å². The van der Waals surface area contributed by atoms with E-state index < -0.39 is 0 Å². The van der Waals surface area contributed by atoms with Gasteiger partial charge in [-0.15, -0.1) is 0 Å². The van der Waals surface area contributed by atoms with Gasteiger partial charge in [-0.3, -0.25) is 4.90 Å². The van der Waals surface area contributed by atoms with Crippen molar-refractivity contribution >= 4 is 0 Å². The van der Waals surface area contributed by atoms with Crippen molar-refractivity contribution in [3.8, 4) is 16.9 Å². The van der Waals surface area contributed by atoms with E-state index in [1.54, 1.807) is 19.2 Å². The van der Waals surface area contributed by atoms with E-state index in [2.05, 4.69) is 36.9 Å². The van der Waals surface area contributed by atoms with Gasteiger partial charge in [-0.05, 0) is 67.6 Å². The molecule has 0 saturated carbocycles. The second-order valence-corrected chi connectivity index (χ2v) is 6.65. The van der Waals surface area contributed by atoms with Crippen molar-refractivity contribution < 1.29 is 9.13 Å². The Morgan fingerprint density at radius 1 is 1.17 bits per heavy atom. The molecule has 0 aromatic heterocycles. The number of methoxy groups -OCH3 is 1. The maximum absolute atomic E-state index is 14.5. The molecule has 1 atom stereocenters. The van der Waals surface area contributed by atoms with Gasteiger partial charge in [0.2, 0.25) is 0 Å². The molecule has 1 unspecified atom stereocenters. The average molecular weight is 327 g/mol. The molecule has 2 nitrogen and oxygen atoms in total. The topological polar surface area (TPSA) is 12.5 Å². The number of hydrogen-bond acceptors (Lipinski definition) is 2. The van der Waals surface area contributed by atoms with Gasteiger partial charge in [0, 0.05) is 18.2 Å². The number of halogens is 1. The number of benzene rings is 2. The van der Waals surface area contributed by atoms with Gasteiger partial charge in [0.1, 0.15) is 11.6 Å². The van der Waals surface area contributed by atoms with Crippen LogP contribution in [0.3, 0.4) is 0 Å². The molecule has 0 radical (unpaired) electrons. The van der Waals surface area contributed by atoms with Gasteiger partial charge in [0.05, 0.1) is 7.11 Å². The van der Waals surface area contributed by atoms with Crippen molar-refractivity contribution in [1.29, 1.82) is 0 Å². The fourth-order valence-corrected chi connectivity index (χ4v) is 3.54. The Labute approximate surface area is 144 Å². The fourth-order valence-electron chi connectivity index (χ4n) is 3.54. The average Bonchev–Trinajstić information content (AvgIpc) is 3.00. The van der Waals surface area contributed by atoms with Gasteiger partial charge < -0.3 is 4.74 Å². The van der Waals surface area contributed by atoms with Crippen LogP contribution in [0.15, 0.2) is 36.4 Å². The van der Waals surface area contributed by atoms with Gasteiger partial charge in [-0.25, -0.2) is 4.39 Å². The third kappa shape index (κ3) is 3.46. The van der Waals surface area contributed by atoms with E-state index in [0.717, 1.165) is 25.1 Å². The summed E-state index contributed by atoms with van der Waals surface area (Å²) in [5, 5.41) is 0. The summed E-state index contributed by atoms with van der Waals surface area (Å²) in [5.41, 5.74) is 4.10. The largest absolute Gasteiger partial charge is 0.497 e. The molecule has 0 N–H and O–H groups in total. The highest BCUT2D eigenvalue weighted by Gasteiger charge is 2.22. The van der Waals surface area contributed by atoms with E-state index >= 15 is 0 Å². The molecule has 128 valence electrons. The van der Waals surface area contributed by atoms with Gasteiger partial charge in [0.25, 0.3) is 0 Å². The first-order valence-electron chi connectivity index (χ1n) is 8.82. The van der Waals surface area contributed by atoms with Crippen LogP contribution in [0.2, 0.25) is 0 Å². The monoisotopic (exact) mass is 327 g/mol. The third-order valence-corrected chi connectivity index (χ3v) is 5.11. The number of hydrogen-bond donors (Lipinski definition) is 0. The van der Waals surface area contributed by atoms with Gasteiger partial charge in [0.15, 0.2) is 0 Å². The van der Waals surface area contributed by atoms with E-state index in [0.29, 0.717) is 17.4 Å². The molecule has 2 aromatic carbocycles. The Bertz CT molecular complexity index is 713. The molecule has 24 heavy (non-hydrogen) atoms. The molecule has 1 fully saturated rings. The molecule has 1 heterocycles. The Morgan fingerprint density at radius 3 is 2.67 bits per heavy atom. The Kier molecular flexibility index (Phi) is 5.20. The van der Waals surface area contributed by atoms with Gasteiger partial charge in [-0.2, -0.15) is 0 Å². The van der Waals surface area contributed by atoms with Crippen LogP contribution in [0, 0.1) is 5.82 Å². The molecule has 2 aromatic rings. The summed E-state index contributed by atoms with van der Waals surface area (Å²) in [7, 11) is 1.62. The van der Waals surface area contributed by atoms with Crippen molar-refractivity contribution in [2.75, 3.05) is 13.7 Å². The highest BCUT2D eigenvalue weighted by molar-refractivity contribution is 5.70. The predicted molar refractivity (Wildman–Crippen MR) is 96.9 cm³/mol. The molecule has 0 bridgehead atoms. The molecule has 0 aliphatic carbocycles. The zero-order valence-corrected chi connectivity index (χ0v) is 14.8. The van der Waals surface area contributed by atoms with E-state index in [1.807, 2.05) is 0 Å². The van der Waals surface area contributed by atoms with Gasteiger partial charge in [-0.1, -0.05) is 25.1 Å². The number of rotatable bonds is 5. The SMILES string of the molecule is CCc1ccc(-c2cc(OC)ccc2F)c(CN2CCCC2C)c1. The lowest BCUT2D eigenvalue weighted by Crippen LogP contribution is -2.26. The fraction of sp³-hybridized carbons (Fsp3) is 0.429. The molecule has 3 heteroatoms. The number of nitrogens with zero attached hydrogens (tertiary/aromatic N) is 1. The van der Waals surface area contributed by atoms with Crippen LogP contribution < -0.4 is 4.74 Å². The molecule has 1 saturated heterocycles. The third-order valence-electron chi connectivity index (χ3n) is 5.11. The second-order valence-electron chi connectivity index (χ2n) is 6.65. The van der Waals surface area contributed by atoms with E-state index in [4.69, 9.17) is 4.74 Å². The molecular weight excluding hydrogens is 301 g/mol. The maximum atomic E-state index is 14.5. The quantitative estimate of drug-likeness (QED) is 0.762. The Morgan fingerprint density at radius 2 is 2.00 bits per heavy atom. The van der Waals surface area contributed by atoms with Crippen LogP contribution in [0.25, 0.3) is 11.1 Å².